The first-order valence-electron chi connectivity index (χ1n) is 5.89. The number of hydrogen-bond acceptors (Lipinski definition) is 5. The summed E-state index contributed by atoms with van der Waals surface area (Å²) in [5, 5.41) is 2.56. The van der Waals surface area contributed by atoms with Crippen LogP contribution in [0.1, 0.15) is 5.82 Å². The average molecular weight is 315 g/mol. The van der Waals surface area contributed by atoms with Crippen LogP contribution in [0.25, 0.3) is 0 Å². The summed E-state index contributed by atoms with van der Waals surface area (Å²) < 4.78 is 43.7. The molecule has 1 aromatic heterocycles. The van der Waals surface area contributed by atoms with Crippen molar-refractivity contribution >= 4 is 17.6 Å². The van der Waals surface area contributed by atoms with Crippen molar-refractivity contribution in [1.29, 1.82) is 0 Å². The fourth-order valence-electron chi connectivity index (χ4n) is 1.55. The first kappa shape index (κ1) is 15.4. The molecule has 112 valence electrons. The molecule has 0 saturated heterocycles. The third-order valence-electron chi connectivity index (χ3n) is 2.50. The molecule has 0 aliphatic rings. The lowest BCUT2D eigenvalue weighted by molar-refractivity contribution is -0.145. The van der Waals surface area contributed by atoms with Gasteiger partial charge in [-0.05, 0) is 18.4 Å². The van der Waals surface area contributed by atoms with Crippen LogP contribution in [0.15, 0.2) is 35.2 Å². The van der Waals surface area contributed by atoms with Gasteiger partial charge in [0.25, 0.3) is 0 Å². The van der Waals surface area contributed by atoms with E-state index in [0.29, 0.717) is 5.75 Å². The zero-order valence-electron chi connectivity index (χ0n) is 11.2. The molecule has 0 radical (unpaired) electrons. The van der Waals surface area contributed by atoms with Gasteiger partial charge < -0.3 is 10.1 Å². The van der Waals surface area contributed by atoms with Crippen molar-refractivity contribution < 1.29 is 17.9 Å². The summed E-state index contributed by atoms with van der Waals surface area (Å²) >= 11 is 1.43. The third kappa shape index (κ3) is 3.78. The standard InChI is InChI=1S/C13H12F3N3OS/c1-17-10-7-11(19-12(18-10)13(14,15)16)20-8-5-3-4-6-9(8)21-2/h3-7H,1-2H3,(H,17,18,19). The molecule has 2 aromatic rings. The summed E-state index contributed by atoms with van der Waals surface area (Å²) in [5.74, 6) is -0.929. The highest BCUT2D eigenvalue weighted by atomic mass is 32.2. The number of nitrogens with one attached hydrogen (secondary N) is 1. The Morgan fingerprint density at radius 2 is 1.90 bits per heavy atom. The molecule has 1 N–H and O–H groups in total. The Hall–Kier alpha value is -1.96. The van der Waals surface area contributed by atoms with Crippen LogP contribution in [0.3, 0.4) is 0 Å². The van der Waals surface area contributed by atoms with E-state index in [1.807, 2.05) is 18.4 Å². The van der Waals surface area contributed by atoms with Gasteiger partial charge in [0.2, 0.25) is 11.7 Å². The van der Waals surface area contributed by atoms with Crippen molar-refractivity contribution in [2.75, 3.05) is 18.6 Å². The number of halogens is 3. The molecule has 2 rings (SSSR count). The van der Waals surface area contributed by atoms with Gasteiger partial charge in [-0.1, -0.05) is 12.1 Å². The Labute approximate surface area is 123 Å². The normalized spacial score (nSPS) is 11.3. The Morgan fingerprint density at radius 1 is 1.19 bits per heavy atom. The van der Waals surface area contributed by atoms with Gasteiger partial charge in [0.15, 0.2) is 0 Å². The Kier molecular flexibility index (Phi) is 4.56. The van der Waals surface area contributed by atoms with E-state index in [2.05, 4.69) is 15.3 Å². The lowest BCUT2D eigenvalue weighted by Crippen LogP contribution is -2.13. The zero-order valence-corrected chi connectivity index (χ0v) is 12.0. The minimum Gasteiger partial charge on any atom is -0.438 e. The van der Waals surface area contributed by atoms with Gasteiger partial charge in [-0.3, -0.25) is 0 Å². The number of alkyl halides is 3. The highest BCUT2D eigenvalue weighted by Crippen LogP contribution is 2.33. The highest BCUT2D eigenvalue weighted by Gasteiger charge is 2.35. The van der Waals surface area contributed by atoms with Gasteiger partial charge in [-0.25, -0.2) is 4.98 Å². The van der Waals surface area contributed by atoms with Gasteiger partial charge in [-0.15, -0.1) is 11.8 Å². The van der Waals surface area contributed by atoms with Crippen LogP contribution in [0.5, 0.6) is 11.6 Å². The van der Waals surface area contributed by atoms with E-state index in [9.17, 15) is 13.2 Å². The van der Waals surface area contributed by atoms with E-state index in [4.69, 9.17) is 4.74 Å². The minimum absolute atomic E-state index is 0.0361. The predicted molar refractivity (Wildman–Crippen MR) is 74.9 cm³/mol. The van der Waals surface area contributed by atoms with E-state index in [0.717, 1.165) is 4.90 Å². The molecular formula is C13H12F3N3OS. The number of benzene rings is 1. The predicted octanol–water partition coefficient (Wildman–Crippen LogP) is 4.05. The van der Waals surface area contributed by atoms with Crippen molar-refractivity contribution in [1.82, 2.24) is 9.97 Å². The molecule has 0 spiro atoms. The van der Waals surface area contributed by atoms with Crippen molar-refractivity contribution in [2.45, 2.75) is 11.1 Å². The largest absolute Gasteiger partial charge is 0.451 e. The molecule has 1 aromatic carbocycles. The van der Waals surface area contributed by atoms with Gasteiger partial charge in [-0.2, -0.15) is 18.2 Å². The maximum atomic E-state index is 12.8. The number of nitrogens with zero attached hydrogens (tertiary/aromatic N) is 2. The summed E-state index contributed by atoms with van der Waals surface area (Å²) in [6.07, 6.45) is -2.79. The van der Waals surface area contributed by atoms with Crippen LogP contribution >= 0.6 is 11.8 Å². The van der Waals surface area contributed by atoms with Crippen molar-refractivity contribution in [2.24, 2.45) is 0 Å². The number of hydrogen-bond donors (Lipinski definition) is 1. The van der Waals surface area contributed by atoms with Crippen LogP contribution in [0.4, 0.5) is 19.0 Å². The third-order valence-corrected chi connectivity index (χ3v) is 3.27. The molecule has 4 nitrogen and oxygen atoms in total. The molecule has 21 heavy (non-hydrogen) atoms. The molecule has 0 aliphatic carbocycles. The molecular weight excluding hydrogens is 303 g/mol. The maximum Gasteiger partial charge on any atom is 0.451 e. The fraction of sp³-hybridized carbons (Fsp3) is 0.231. The first-order valence-corrected chi connectivity index (χ1v) is 7.11. The second kappa shape index (κ2) is 6.21. The molecule has 0 fully saturated rings. The number of aromatic nitrogens is 2. The van der Waals surface area contributed by atoms with Crippen molar-refractivity contribution in [3.05, 3.63) is 36.2 Å². The summed E-state index contributed by atoms with van der Waals surface area (Å²) in [6, 6.07) is 8.34. The van der Waals surface area contributed by atoms with Gasteiger partial charge >= 0.3 is 6.18 Å². The molecule has 0 aliphatic heterocycles. The molecule has 0 atom stereocenters. The average Bonchev–Trinajstić information content (AvgIpc) is 2.46. The number of thioether (sulfide) groups is 1. The molecule has 0 unspecified atom stereocenters. The Morgan fingerprint density at radius 3 is 2.52 bits per heavy atom. The van der Waals surface area contributed by atoms with E-state index in [-0.39, 0.29) is 11.7 Å². The smallest absolute Gasteiger partial charge is 0.438 e. The van der Waals surface area contributed by atoms with Crippen LogP contribution in [0, 0.1) is 0 Å². The quantitative estimate of drug-likeness (QED) is 0.863. The fourth-order valence-corrected chi connectivity index (χ4v) is 2.07. The molecule has 8 heteroatoms. The number of anilines is 1. The summed E-state index contributed by atoms with van der Waals surface area (Å²) in [4.78, 5) is 7.59. The van der Waals surface area contributed by atoms with E-state index >= 15 is 0 Å². The van der Waals surface area contributed by atoms with Gasteiger partial charge in [0, 0.05) is 18.0 Å². The van der Waals surface area contributed by atoms with Crippen molar-refractivity contribution in [3.63, 3.8) is 0 Å². The molecule has 1 heterocycles. The van der Waals surface area contributed by atoms with E-state index < -0.39 is 12.0 Å². The number of para-hydroxylation sites is 1. The van der Waals surface area contributed by atoms with Crippen LogP contribution in [-0.4, -0.2) is 23.3 Å². The lowest BCUT2D eigenvalue weighted by atomic mass is 10.3. The van der Waals surface area contributed by atoms with Gasteiger partial charge in [0.1, 0.15) is 11.6 Å². The van der Waals surface area contributed by atoms with E-state index in [1.54, 1.807) is 12.1 Å². The van der Waals surface area contributed by atoms with Crippen LogP contribution < -0.4 is 10.1 Å². The Bertz CT molecular complexity index is 634. The number of rotatable bonds is 4. The van der Waals surface area contributed by atoms with Crippen LogP contribution in [0.2, 0.25) is 0 Å². The van der Waals surface area contributed by atoms with Crippen LogP contribution in [-0.2, 0) is 6.18 Å². The Balaban J connectivity index is 2.39. The zero-order chi connectivity index (χ0) is 15.5. The maximum absolute atomic E-state index is 12.8. The second-order valence-corrected chi connectivity index (χ2v) is 4.76. The minimum atomic E-state index is -4.63. The first-order chi connectivity index (χ1) is 9.94. The molecule has 0 saturated carbocycles. The number of ether oxygens (including phenoxy) is 1. The summed E-state index contributed by atoms with van der Waals surface area (Å²) in [7, 11) is 1.47. The monoisotopic (exact) mass is 315 g/mol. The highest BCUT2D eigenvalue weighted by molar-refractivity contribution is 7.98. The summed E-state index contributed by atoms with van der Waals surface area (Å²) in [5.41, 5.74) is 0. The molecule has 0 bridgehead atoms. The second-order valence-electron chi connectivity index (χ2n) is 3.92. The van der Waals surface area contributed by atoms with Gasteiger partial charge in [0.05, 0.1) is 0 Å². The van der Waals surface area contributed by atoms with E-state index in [1.165, 1.54) is 24.9 Å². The summed E-state index contributed by atoms with van der Waals surface area (Å²) in [6.45, 7) is 0. The van der Waals surface area contributed by atoms with Crippen molar-refractivity contribution in [3.8, 4) is 11.6 Å². The topological polar surface area (TPSA) is 47.0 Å². The SMILES string of the molecule is CNc1cc(Oc2ccccc2SC)nc(C(F)(F)F)n1. The molecule has 0 amide bonds. The lowest BCUT2D eigenvalue weighted by Gasteiger charge is -2.12.